The van der Waals surface area contributed by atoms with E-state index < -0.39 is 21.4 Å². The number of benzene rings is 1. The monoisotopic (exact) mass is 296 g/mol. The molecular formula is C14H20N2O3S. The van der Waals surface area contributed by atoms with Gasteiger partial charge in [0.15, 0.2) is 9.84 Å². The molecule has 6 heteroatoms. The molecule has 1 aromatic carbocycles. The predicted molar refractivity (Wildman–Crippen MR) is 77.9 cm³/mol. The Bertz CT molecular complexity index is 586. The summed E-state index contributed by atoms with van der Waals surface area (Å²) in [7, 11) is -3.04. The van der Waals surface area contributed by atoms with Gasteiger partial charge in [-0.3, -0.25) is 4.79 Å². The summed E-state index contributed by atoms with van der Waals surface area (Å²) in [5, 5.41) is 2.79. The number of carbonyl (C=O) groups is 1. The average Bonchev–Trinajstić information content (AvgIpc) is 2.64. The maximum atomic E-state index is 12.1. The highest BCUT2D eigenvalue weighted by Gasteiger charge is 2.40. The van der Waals surface area contributed by atoms with Crippen LogP contribution in [0, 0.1) is 0 Å². The van der Waals surface area contributed by atoms with Crippen molar-refractivity contribution in [1.82, 2.24) is 5.32 Å². The van der Waals surface area contributed by atoms with Crippen LogP contribution in [0.25, 0.3) is 0 Å². The van der Waals surface area contributed by atoms with Crippen LogP contribution in [0.15, 0.2) is 30.3 Å². The molecule has 20 heavy (non-hydrogen) atoms. The van der Waals surface area contributed by atoms with Crippen molar-refractivity contribution >= 4 is 15.7 Å². The molecule has 5 nitrogen and oxygen atoms in total. The standard InChI is InChI=1S/C14H20N2O3S/c1-14(7-8-20(18,19)10-14)16-13(17)12(15)9-11-5-3-2-4-6-11/h2-6,12H,7-10,15H2,1H3,(H,16,17). The van der Waals surface area contributed by atoms with Gasteiger partial charge in [-0.15, -0.1) is 0 Å². The average molecular weight is 296 g/mol. The smallest absolute Gasteiger partial charge is 0.237 e. The molecule has 0 spiro atoms. The zero-order chi connectivity index (χ0) is 14.8. The molecule has 1 heterocycles. The molecule has 3 N–H and O–H groups in total. The first-order chi connectivity index (χ1) is 9.30. The van der Waals surface area contributed by atoms with E-state index in [1.54, 1.807) is 6.92 Å². The van der Waals surface area contributed by atoms with Gasteiger partial charge in [0.1, 0.15) is 0 Å². The third kappa shape index (κ3) is 3.80. The molecule has 1 aromatic rings. The largest absolute Gasteiger partial charge is 0.349 e. The van der Waals surface area contributed by atoms with Crippen LogP contribution in [0.4, 0.5) is 0 Å². The van der Waals surface area contributed by atoms with Crippen molar-refractivity contribution in [3.05, 3.63) is 35.9 Å². The number of sulfone groups is 1. The van der Waals surface area contributed by atoms with Crippen molar-refractivity contribution in [2.45, 2.75) is 31.3 Å². The maximum absolute atomic E-state index is 12.1. The first kappa shape index (κ1) is 15.0. The van der Waals surface area contributed by atoms with Crippen LogP contribution in [0.2, 0.25) is 0 Å². The number of amides is 1. The fourth-order valence-electron chi connectivity index (χ4n) is 2.46. The van der Waals surface area contributed by atoms with Crippen molar-refractivity contribution in [2.24, 2.45) is 5.73 Å². The first-order valence-electron chi connectivity index (χ1n) is 6.62. The van der Waals surface area contributed by atoms with Gasteiger partial charge >= 0.3 is 0 Å². The lowest BCUT2D eigenvalue weighted by Gasteiger charge is -2.26. The fourth-order valence-corrected chi connectivity index (χ4v) is 4.55. The van der Waals surface area contributed by atoms with Crippen LogP contribution < -0.4 is 11.1 Å². The second-order valence-electron chi connectivity index (χ2n) is 5.69. The maximum Gasteiger partial charge on any atom is 0.237 e. The molecule has 2 atom stereocenters. The molecule has 0 radical (unpaired) electrons. The van der Waals surface area contributed by atoms with E-state index in [0.29, 0.717) is 12.8 Å². The number of nitrogens with two attached hydrogens (primary N) is 1. The van der Waals surface area contributed by atoms with Crippen LogP contribution in [0.3, 0.4) is 0 Å². The third-order valence-electron chi connectivity index (χ3n) is 3.56. The van der Waals surface area contributed by atoms with E-state index in [1.807, 2.05) is 30.3 Å². The lowest BCUT2D eigenvalue weighted by Crippen LogP contribution is -2.53. The van der Waals surface area contributed by atoms with E-state index >= 15 is 0 Å². The van der Waals surface area contributed by atoms with E-state index in [-0.39, 0.29) is 17.4 Å². The molecular weight excluding hydrogens is 276 g/mol. The second kappa shape index (κ2) is 5.54. The van der Waals surface area contributed by atoms with E-state index in [0.717, 1.165) is 5.56 Å². The Hall–Kier alpha value is -1.40. The van der Waals surface area contributed by atoms with E-state index in [4.69, 9.17) is 5.73 Å². The van der Waals surface area contributed by atoms with Gasteiger partial charge < -0.3 is 11.1 Å². The number of carbonyl (C=O) groups excluding carboxylic acids is 1. The van der Waals surface area contributed by atoms with Gasteiger partial charge in [-0.2, -0.15) is 0 Å². The molecule has 0 bridgehead atoms. The minimum absolute atomic E-state index is 0.0101. The van der Waals surface area contributed by atoms with Crippen molar-refractivity contribution in [1.29, 1.82) is 0 Å². The molecule has 0 saturated carbocycles. The Morgan fingerprint density at radius 2 is 2.05 bits per heavy atom. The van der Waals surface area contributed by atoms with Gasteiger partial charge in [0, 0.05) is 0 Å². The Kier molecular flexibility index (Phi) is 4.15. The van der Waals surface area contributed by atoms with Gasteiger partial charge in [0.25, 0.3) is 0 Å². The van der Waals surface area contributed by atoms with Crippen LogP contribution in [0.5, 0.6) is 0 Å². The molecule has 1 aliphatic rings. The molecule has 110 valence electrons. The van der Waals surface area contributed by atoms with E-state index in [2.05, 4.69) is 5.32 Å². The van der Waals surface area contributed by atoms with Gasteiger partial charge in [0.2, 0.25) is 5.91 Å². The number of hydrogen-bond acceptors (Lipinski definition) is 4. The van der Waals surface area contributed by atoms with Crippen molar-refractivity contribution in [3.63, 3.8) is 0 Å². The zero-order valence-electron chi connectivity index (χ0n) is 11.5. The SMILES string of the molecule is CC1(NC(=O)C(N)Cc2ccccc2)CCS(=O)(=O)C1. The fraction of sp³-hybridized carbons (Fsp3) is 0.500. The normalized spacial score (nSPS) is 26.1. The van der Waals surface area contributed by atoms with E-state index in [1.165, 1.54) is 0 Å². The summed E-state index contributed by atoms with van der Waals surface area (Å²) < 4.78 is 23.0. The summed E-state index contributed by atoms with van der Waals surface area (Å²) in [6.07, 6.45) is 0.884. The predicted octanol–water partition coefficient (Wildman–Crippen LogP) is 0.250. The molecule has 1 fully saturated rings. The van der Waals surface area contributed by atoms with Crippen molar-refractivity contribution in [3.8, 4) is 0 Å². The van der Waals surface area contributed by atoms with Gasteiger partial charge in [-0.1, -0.05) is 30.3 Å². The van der Waals surface area contributed by atoms with Crippen LogP contribution >= 0.6 is 0 Å². The number of rotatable bonds is 4. The van der Waals surface area contributed by atoms with E-state index in [9.17, 15) is 13.2 Å². The molecule has 1 saturated heterocycles. The van der Waals surface area contributed by atoms with Crippen LogP contribution in [-0.2, 0) is 21.1 Å². The quantitative estimate of drug-likeness (QED) is 0.833. The number of nitrogens with one attached hydrogen (secondary N) is 1. The Morgan fingerprint density at radius 3 is 2.60 bits per heavy atom. The minimum Gasteiger partial charge on any atom is -0.349 e. The second-order valence-corrected chi connectivity index (χ2v) is 7.87. The van der Waals surface area contributed by atoms with Gasteiger partial charge in [-0.05, 0) is 25.3 Å². The number of hydrogen-bond donors (Lipinski definition) is 2. The van der Waals surface area contributed by atoms with Gasteiger partial charge in [-0.25, -0.2) is 8.42 Å². The lowest BCUT2D eigenvalue weighted by atomic mass is 10.00. The summed E-state index contributed by atoms with van der Waals surface area (Å²) in [5.74, 6) is -0.185. The highest BCUT2D eigenvalue weighted by Crippen LogP contribution is 2.22. The first-order valence-corrected chi connectivity index (χ1v) is 8.44. The summed E-state index contributed by atoms with van der Waals surface area (Å²) in [6.45, 7) is 1.75. The molecule has 2 rings (SSSR count). The highest BCUT2D eigenvalue weighted by atomic mass is 32.2. The summed E-state index contributed by atoms with van der Waals surface area (Å²) in [5.41, 5.74) is 6.19. The molecule has 1 aliphatic heterocycles. The van der Waals surface area contributed by atoms with Crippen LogP contribution in [-0.4, -0.2) is 37.4 Å². The Labute approximate surface area is 119 Å². The Balaban J connectivity index is 1.95. The van der Waals surface area contributed by atoms with Crippen molar-refractivity contribution in [2.75, 3.05) is 11.5 Å². The summed E-state index contributed by atoms with van der Waals surface area (Å²) in [4.78, 5) is 12.1. The topological polar surface area (TPSA) is 89.3 Å². The van der Waals surface area contributed by atoms with Crippen molar-refractivity contribution < 1.29 is 13.2 Å². The summed E-state index contributed by atoms with van der Waals surface area (Å²) in [6, 6.07) is 8.84. The third-order valence-corrected chi connectivity index (χ3v) is 5.47. The summed E-state index contributed by atoms with van der Waals surface area (Å²) >= 11 is 0. The van der Waals surface area contributed by atoms with Crippen LogP contribution in [0.1, 0.15) is 18.9 Å². The molecule has 1 amide bonds. The highest BCUT2D eigenvalue weighted by molar-refractivity contribution is 7.91. The van der Waals surface area contributed by atoms with Gasteiger partial charge in [0.05, 0.1) is 23.1 Å². The lowest BCUT2D eigenvalue weighted by molar-refractivity contribution is -0.123. The Morgan fingerprint density at radius 1 is 1.40 bits per heavy atom. The minimum atomic E-state index is -3.04. The molecule has 0 aliphatic carbocycles. The zero-order valence-corrected chi connectivity index (χ0v) is 12.3. The molecule has 2 unspecified atom stereocenters. The molecule has 0 aromatic heterocycles.